The zero-order chi connectivity index (χ0) is 29.6. The number of urea groups is 1. The van der Waals surface area contributed by atoms with Crippen LogP contribution in [0.3, 0.4) is 0 Å². The van der Waals surface area contributed by atoms with Crippen LogP contribution in [0.25, 0.3) is 6.08 Å². The van der Waals surface area contributed by atoms with Crippen molar-refractivity contribution in [3.05, 3.63) is 47.5 Å². The smallest absolute Gasteiger partial charge is 0.335 e. The van der Waals surface area contributed by atoms with Gasteiger partial charge >= 0.3 is 6.03 Å². The first-order valence-electron chi connectivity index (χ1n) is 14.6. The third kappa shape index (κ3) is 8.74. The fourth-order valence-corrected chi connectivity index (χ4v) is 4.36. The number of nitrogens with zero attached hydrogens (tertiary/aromatic N) is 1. The molecule has 1 N–H and O–H groups in total. The van der Waals surface area contributed by atoms with Crippen molar-refractivity contribution in [2.75, 3.05) is 31.3 Å². The second kappa shape index (κ2) is 16.3. The molecule has 0 aromatic heterocycles. The van der Waals surface area contributed by atoms with E-state index in [1.54, 1.807) is 36.4 Å². The molecule has 4 amide bonds. The Bertz CT molecular complexity index is 1220. The van der Waals surface area contributed by atoms with E-state index in [-0.39, 0.29) is 11.3 Å². The summed E-state index contributed by atoms with van der Waals surface area (Å²) in [6.45, 7) is 9.77. The molecule has 0 atom stereocenters. The van der Waals surface area contributed by atoms with Crippen LogP contribution in [-0.2, 0) is 9.59 Å². The predicted octanol–water partition coefficient (Wildman–Crippen LogP) is 6.68. The maximum atomic E-state index is 13.5. The standard InChI is InChI=1S/C32H42N2O7/c1-5-9-10-11-12-13-19-41-26-16-14-23(21-28(26)38-7-3)20-25-30(35)33-32(37)34(31(25)36)24-15-17-27(40-18-6-2)29(22-24)39-8-4/h14-17,20-22H,5-13,18-19H2,1-4H3,(H,33,35,37)/b25-20+. The molecule has 41 heavy (non-hydrogen) atoms. The number of amides is 4. The van der Waals surface area contributed by atoms with E-state index < -0.39 is 17.8 Å². The average molecular weight is 567 g/mol. The highest BCUT2D eigenvalue weighted by molar-refractivity contribution is 6.39. The molecule has 1 fully saturated rings. The monoisotopic (exact) mass is 566 g/mol. The summed E-state index contributed by atoms with van der Waals surface area (Å²) < 4.78 is 23.2. The zero-order valence-electron chi connectivity index (χ0n) is 24.6. The van der Waals surface area contributed by atoms with Crippen molar-refractivity contribution < 1.29 is 33.3 Å². The summed E-state index contributed by atoms with van der Waals surface area (Å²) in [5.41, 5.74) is 0.634. The molecule has 0 radical (unpaired) electrons. The number of barbiturate groups is 1. The summed E-state index contributed by atoms with van der Waals surface area (Å²) in [5, 5.41) is 2.26. The van der Waals surface area contributed by atoms with Crippen LogP contribution in [-0.4, -0.2) is 44.3 Å². The fraction of sp³-hybridized carbons (Fsp3) is 0.469. The highest BCUT2D eigenvalue weighted by atomic mass is 16.5. The first kappa shape index (κ1) is 31.5. The molecular formula is C32H42N2O7. The highest BCUT2D eigenvalue weighted by Gasteiger charge is 2.37. The Morgan fingerprint density at radius 1 is 0.683 bits per heavy atom. The summed E-state index contributed by atoms with van der Waals surface area (Å²) in [6.07, 6.45) is 9.24. The molecule has 1 aliphatic rings. The molecule has 222 valence electrons. The lowest BCUT2D eigenvalue weighted by atomic mass is 10.1. The molecule has 2 aromatic carbocycles. The van der Waals surface area contributed by atoms with Gasteiger partial charge in [0.2, 0.25) is 0 Å². The second-order valence-corrected chi connectivity index (χ2v) is 9.63. The van der Waals surface area contributed by atoms with Crippen molar-refractivity contribution in [1.29, 1.82) is 0 Å². The molecule has 0 spiro atoms. The predicted molar refractivity (Wildman–Crippen MR) is 159 cm³/mol. The first-order valence-corrected chi connectivity index (χ1v) is 14.6. The minimum Gasteiger partial charge on any atom is -0.490 e. The van der Waals surface area contributed by atoms with Crippen LogP contribution in [0, 0.1) is 0 Å². The van der Waals surface area contributed by atoms with Gasteiger partial charge in [-0.25, -0.2) is 9.69 Å². The number of carbonyl (C=O) groups excluding carboxylic acids is 3. The molecular weight excluding hydrogens is 524 g/mol. The van der Waals surface area contributed by atoms with E-state index in [1.807, 2.05) is 20.8 Å². The maximum absolute atomic E-state index is 13.5. The van der Waals surface area contributed by atoms with E-state index in [1.165, 1.54) is 31.8 Å². The van der Waals surface area contributed by atoms with Gasteiger partial charge in [0.05, 0.1) is 32.1 Å². The summed E-state index contributed by atoms with van der Waals surface area (Å²) in [4.78, 5) is 39.9. The Morgan fingerprint density at radius 2 is 1.32 bits per heavy atom. The topological polar surface area (TPSA) is 103 Å². The number of anilines is 1. The Balaban J connectivity index is 1.81. The molecule has 9 heteroatoms. The van der Waals surface area contributed by atoms with E-state index in [4.69, 9.17) is 18.9 Å². The van der Waals surface area contributed by atoms with Crippen molar-refractivity contribution in [3.8, 4) is 23.0 Å². The summed E-state index contributed by atoms with van der Waals surface area (Å²) in [7, 11) is 0. The van der Waals surface area contributed by atoms with Gasteiger partial charge in [0.25, 0.3) is 11.8 Å². The zero-order valence-corrected chi connectivity index (χ0v) is 24.6. The Labute approximate surface area is 242 Å². The molecule has 0 aliphatic carbocycles. The third-order valence-corrected chi connectivity index (χ3v) is 6.38. The summed E-state index contributed by atoms with van der Waals surface area (Å²) >= 11 is 0. The number of nitrogens with one attached hydrogen (secondary N) is 1. The second-order valence-electron chi connectivity index (χ2n) is 9.63. The van der Waals surface area contributed by atoms with E-state index >= 15 is 0 Å². The highest BCUT2D eigenvalue weighted by Crippen LogP contribution is 2.34. The Kier molecular flexibility index (Phi) is 12.5. The number of hydrogen-bond donors (Lipinski definition) is 1. The minimum atomic E-state index is -0.838. The lowest BCUT2D eigenvalue weighted by Crippen LogP contribution is -2.54. The van der Waals surface area contributed by atoms with E-state index in [2.05, 4.69) is 12.2 Å². The van der Waals surface area contributed by atoms with Crippen LogP contribution >= 0.6 is 0 Å². The van der Waals surface area contributed by atoms with Crippen LogP contribution in [0.5, 0.6) is 23.0 Å². The van der Waals surface area contributed by atoms with Crippen LogP contribution in [0.4, 0.5) is 10.5 Å². The third-order valence-electron chi connectivity index (χ3n) is 6.38. The van der Waals surface area contributed by atoms with Crippen molar-refractivity contribution in [3.63, 3.8) is 0 Å². The van der Waals surface area contributed by atoms with Gasteiger partial charge < -0.3 is 18.9 Å². The number of imide groups is 2. The van der Waals surface area contributed by atoms with Gasteiger partial charge in [0.15, 0.2) is 23.0 Å². The maximum Gasteiger partial charge on any atom is 0.335 e. The first-order chi connectivity index (χ1) is 19.9. The van der Waals surface area contributed by atoms with Crippen LogP contribution < -0.4 is 29.2 Å². The molecule has 0 saturated carbocycles. The summed E-state index contributed by atoms with van der Waals surface area (Å²) in [6, 6.07) is 9.20. The van der Waals surface area contributed by atoms with Crippen molar-refractivity contribution in [2.45, 2.75) is 72.6 Å². The number of benzene rings is 2. The van der Waals surface area contributed by atoms with Crippen LogP contribution in [0.1, 0.15) is 78.2 Å². The largest absolute Gasteiger partial charge is 0.490 e. The number of carbonyl (C=O) groups is 3. The summed E-state index contributed by atoms with van der Waals surface area (Å²) in [5.74, 6) is 0.521. The molecule has 1 aliphatic heterocycles. The van der Waals surface area contributed by atoms with E-state index in [0.717, 1.165) is 24.2 Å². The number of hydrogen-bond acceptors (Lipinski definition) is 7. The molecule has 3 rings (SSSR count). The number of rotatable bonds is 17. The van der Waals surface area contributed by atoms with Crippen LogP contribution in [0.2, 0.25) is 0 Å². The molecule has 0 bridgehead atoms. The lowest BCUT2D eigenvalue weighted by molar-refractivity contribution is -0.122. The van der Waals surface area contributed by atoms with Gasteiger partial charge in [-0.15, -0.1) is 0 Å². The lowest BCUT2D eigenvalue weighted by Gasteiger charge is -2.27. The minimum absolute atomic E-state index is 0.183. The van der Waals surface area contributed by atoms with Crippen LogP contribution in [0.15, 0.2) is 42.0 Å². The Hall–Kier alpha value is -4.01. The van der Waals surface area contributed by atoms with Crippen molar-refractivity contribution >= 4 is 29.6 Å². The molecule has 1 heterocycles. The fourth-order valence-electron chi connectivity index (χ4n) is 4.36. The average Bonchev–Trinajstić information content (AvgIpc) is 2.95. The van der Waals surface area contributed by atoms with E-state index in [9.17, 15) is 14.4 Å². The Morgan fingerprint density at radius 3 is 2.00 bits per heavy atom. The van der Waals surface area contributed by atoms with Gasteiger partial charge in [-0.3, -0.25) is 14.9 Å². The van der Waals surface area contributed by atoms with Gasteiger partial charge in [-0.05, 0) is 62.6 Å². The van der Waals surface area contributed by atoms with Gasteiger partial charge in [0, 0.05) is 6.07 Å². The molecule has 1 saturated heterocycles. The SMILES string of the molecule is CCCCCCCCOc1ccc(/C=C2\C(=O)NC(=O)N(c3ccc(OCCC)c(OCC)c3)C2=O)cc1OCC. The quantitative estimate of drug-likeness (QED) is 0.129. The number of ether oxygens (including phenoxy) is 4. The normalized spacial score (nSPS) is 14.3. The molecule has 9 nitrogen and oxygen atoms in total. The van der Waals surface area contributed by atoms with E-state index in [0.29, 0.717) is 55.0 Å². The van der Waals surface area contributed by atoms with Gasteiger partial charge in [-0.1, -0.05) is 52.0 Å². The molecule has 0 unspecified atom stereocenters. The van der Waals surface area contributed by atoms with Gasteiger partial charge in [-0.2, -0.15) is 0 Å². The number of unbranched alkanes of at least 4 members (excludes halogenated alkanes) is 5. The van der Waals surface area contributed by atoms with Gasteiger partial charge in [0.1, 0.15) is 5.57 Å². The van der Waals surface area contributed by atoms with Crippen molar-refractivity contribution in [2.24, 2.45) is 0 Å². The van der Waals surface area contributed by atoms with Crippen molar-refractivity contribution in [1.82, 2.24) is 5.32 Å². The molecule has 2 aromatic rings.